The summed E-state index contributed by atoms with van der Waals surface area (Å²) in [5, 5.41) is 2.41. The van der Waals surface area contributed by atoms with Crippen molar-refractivity contribution in [2.45, 2.75) is 79.0 Å². The third-order valence-corrected chi connectivity index (χ3v) is 1.97. The molecule has 20 heavy (non-hydrogen) atoms. The average Bonchev–Trinajstić information content (AvgIpc) is 2.21. The fourth-order valence-electron chi connectivity index (χ4n) is 1.39. The van der Waals surface area contributed by atoms with Gasteiger partial charge in [0.15, 0.2) is 0 Å². The zero-order valence-corrected chi connectivity index (χ0v) is 13.5. The van der Waals surface area contributed by atoms with Gasteiger partial charge in [-0.25, -0.2) is 9.59 Å². The van der Waals surface area contributed by atoms with Crippen LogP contribution in [-0.4, -0.2) is 29.3 Å². The topological polar surface area (TPSA) is 64.6 Å². The van der Waals surface area contributed by atoms with Crippen molar-refractivity contribution in [2.24, 2.45) is 5.92 Å². The number of ether oxygens (including phenoxy) is 2. The summed E-state index contributed by atoms with van der Waals surface area (Å²) in [6.07, 6.45) is -0.851. The molecule has 1 amide bonds. The quantitative estimate of drug-likeness (QED) is 0.807. The number of alkyl carbamates (subject to hydrolysis) is 1. The predicted octanol–water partition coefficient (Wildman–Crippen LogP) is 3.27. The van der Waals surface area contributed by atoms with Crippen molar-refractivity contribution in [1.82, 2.24) is 5.32 Å². The first-order valence-corrected chi connectivity index (χ1v) is 6.73. The summed E-state index contributed by atoms with van der Waals surface area (Å²) in [6, 6.07) is -1.08. The van der Waals surface area contributed by atoms with Crippen LogP contribution in [-0.2, 0) is 14.3 Å². The standard InChI is InChI=1S/C15H29NO4/c1-10(2)9-11(12(17)19-14(3,4)5)16-13(18)20-15(6,7)8/h10-11H,9H2,1-8H3,(H,16,18)/t11-/m0/s1/i1D3/t10-,11-. The van der Waals surface area contributed by atoms with Gasteiger partial charge in [0.1, 0.15) is 17.2 Å². The summed E-state index contributed by atoms with van der Waals surface area (Å²) >= 11 is 0. The molecule has 0 aliphatic carbocycles. The van der Waals surface area contributed by atoms with E-state index in [9.17, 15) is 9.59 Å². The SMILES string of the molecule is [2H]C([2H])([2H])[C@@H](C)C[C@H](NC(=O)OC(C)(C)C)C(=O)OC(C)(C)C. The zero-order chi connectivity index (χ0) is 18.6. The Morgan fingerprint density at radius 2 is 1.60 bits per heavy atom. The summed E-state index contributed by atoms with van der Waals surface area (Å²) in [4.78, 5) is 24.1. The summed E-state index contributed by atoms with van der Waals surface area (Å²) in [6.45, 7) is 9.45. The maximum absolute atomic E-state index is 12.2. The molecule has 0 spiro atoms. The van der Waals surface area contributed by atoms with E-state index in [-0.39, 0.29) is 6.42 Å². The number of rotatable bonds is 4. The van der Waals surface area contributed by atoms with Crippen molar-refractivity contribution < 1.29 is 23.2 Å². The highest BCUT2D eigenvalue weighted by Crippen LogP contribution is 2.14. The van der Waals surface area contributed by atoms with E-state index in [0.29, 0.717) is 0 Å². The van der Waals surface area contributed by atoms with Crippen molar-refractivity contribution in [1.29, 1.82) is 0 Å². The van der Waals surface area contributed by atoms with Crippen LogP contribution in [0.2, 0.25) is 0 Å². The molecular formula is C15H29NO4. The predicted molar refractivity (Wildman–Crippen MR) is 78.5 cm³/mol. The second-order valence-electron chi connectivity index (χ2n) is 6.87. The van der Waals surface area contributed by atoms with Crippen LogP contribution in [0.5, 0.6) is 0 Å². The monoisotopic (exact) mass is 290 g/mol. The molecule has 1 N–H and O–H groups in total. The molecule has 0 aromatic carbocycles. The van der Waals surface area contributed by atoms with Gasteiger partial charge in [0.25, 0.3) is 0 Å². The first-order chi connectivity index (χ1) is 10.0. The lowest BCUT2D eigenvalue weighted by atomic mass is 10.0. The maximum Gasteiger partial charge on any atom is 0.408 e. The van der Waals surface area contributed by atoms with Crippen molar-refractivity contribution >= 4 is 12.1 Å². The normalized spacial score (nSPS) is 18.1. The lowest BCUT2D eigenvalue weighted by Gasteiger charge is -2.27. The number of nitrogens with one attached hydrogen (secondary N) is 1. The van der Waals surface area contributed by atoms with E-state index in [4.69, 9.17) is 13.6 Å². The van der Waals surface area contributed by atoms with Crippen LogP contribution in [0, 0.1) is 5.92 Å². The first kappa shape index (κ1) is 13.7. The van der Waals surface area contributed by atoms with Gasteiger partial charge >= 0.3 is 12.1 Å². The van der Waals surface area contributed by atoms with Gasteiger partial charge in [0.05, 0.1) is 0 Å². The molecule has 0 heterocycles. The highest BCUT2D eigenvalue weighted by Gasteiger charge is 2.29. The molecule has 0 saturated heterocycles. The number of esters is 1. The van der Waals surface area contributed by atoms with Crippen molar-refractivity contribution in [3.05, 3.63) is 0 Å². The molecule has 0 unspecified atom stereocenters. The minimum atomic E-state index is -2.23. The fourth-order valence-corrected chi connectivity index (χ4v) is 1.39. The van der Waals surface area contributed by atoms with Crippen LogP contribution in [0.25, 0.3) is 0 Å². The number of hydrogen-bond acceptors (Lipinski definition) is 4. The molecule has 0 radical (unpaired) electrons. The minimum absolute atomic E-state index is 0.0648. The van der Waals surface area contributed by atoms with Gasteiger partial charge in [0.2, 0.25) is 0 Å². The molecule has 0 aromatic rings. The minimum Gasteiger partial charge on any atom is -0.458 e. The van der Waals surface area contributed by atoms with Gasteiger partial charge in [0, 0.05) is 4.11 Å². The number of hydrogen-bond donors (Lipinski definition) is 1. The molecular weight excluding hydrogens is 258 g/mol. The molecule has 0 rings (SSSR count). The zero-order valence-electron chi connectivity index (χ0n) is 16.5. The Labute approximate surface area is 126 Å². The van der Waals surface area contributed by atoms with E-state index in [0.717, 1.165) is 0 Å². The van der Waals surface area contributed by atoms with Gasteiger partial charge < -0.3 is 14.8 Å². The molecule has 5 heteroatoms. The third-order valence-electron chi connectivity index (χ3n) is 1.97. The Morgan fingerprint density at radius 3 is 2.00 bits per heavy atom. The number of carbonyl (C=O) groups excluding carboxylic acids is 2. The smallest absolute Gasteiger partial charge is 0.408 e. The second kappa shape index (κ2) is 6.95. The highest BCUT2D eigenvalue weighted by molar-refractivity contribution is 5.81. The molecule has 0 aromatic heterocycles. The van der Waals surface area contributed by atoms with Crippen LogP contribution in [0.3, 0.4) is 0 Å². The van der Waals surface area contributed by atoms with Crippen molar-refractivity contribution in [2.75, 3.05) is 0 Å². The van der Waals surface area contributed by atoms with Crippen molar-refractivity contribution in [3.8, 4) is 0 Å². The van der Waals surface area contributed by atoms with E-state index < -0.39 is 42.1 Å². The fraction of sp³-hybridized carbons (Fsp3) is 0.867. The lowest BCUT2D eigenvalue weighted by Crippen LogP contribution is -2.46. The van der Waals surface area contributed by atoms with Crippen LogP contribution in [0.1, 0.15) is 65.9 Å². The Bertz CT molecular complexity index is 422. The van der Waals surface area contributed by atoms with Crippen LogP contribution in [0.4, 0.5) is 4.79 Å². The Balaban J connectivity index is 5.08. The van der Waals surface area contributed by atoms with E-state index in [2.05, 4.69) is 5.32 Å². The molecule has 0 aliphatic heterocycles. The molecule has 0 saturated carbocycles. The average molecular weight is 290 g/mol. The summed E-state index contributed by atoms with van der Waals surface area (Å²) < 4.78 is 32.6. The van der Waals surface area contributed by atoms with E-state index in [1.807, 2.05) is 0 Å². The third kappa shape index (κ3) is 9.64. The van der Waals surface area contributed by atoms with E-state index in [1.54, 1.807) is 41.5 Å². The van der Waals surface area contributed by atoms with Crippen LogP contribution in [0.15, 0.2) is 0 Å². The largest absolute Gasteiger partial charge is 0.458 e. The molecule has 5 nitrogen and oxygen atoms in total. The first-order valence-electron chi connectivity index (χ1n) is 8.23. The Hall–Kier alpha value is -1.26. The van der Waals surface area contributed by atoms with Crippen molar-refractivity contribution in [3.63, 3.8) is 0 Å². The molecule has 0 bridgehead atoms. The number of carbonyl (C=O) groups is 2. The Morgan fingerprint density at radius 1 is 1.10 bits per heavy atom. The summed E-state index contributed by atoms with van der Waals surface area (Å²) in [7, 11) is 0. The van der Waals surface area contributed by atoms with Crippen LogP contribution < -0.4 is 5.32 Å². The summed E-state index contributed by atoms with van der Waals surface area (Å²) in [5.74, 6) is -1.46. The lowest BCUT2D eigenvalue weighted by molar-refractivity contribution is -0.157. The van der Waals surface area contributed by atoms with Crippen LogP contribution >= 0.6 is 0 Å². The van der Waals surface area contributed by atoms with Gasteiger partial charge in [-0.3, -0.25) is 0 Å². The second-order valence-corrected chi connectivity index (χ2v) is 6.87. The van der Waals surface area contributed by atoms with Gasteiger partial charge in [-0.2, -0.15) is 0 Å². The van der Waals surface area contributed by atoms with E-state index in [1.165, 1.54) is 6.92 Å². The Kier molecular flexibility index (Phi) is 4.77. The van der Waals surface area contributed by atoms with Gasteiger partial charge in [-0.05, 0) is 53.9 Å². The molecule has 2 atom stereocenters. The number of amides is 1. The highest BCUT2D eigenvalue weighted by atomic mass is 16.6. The van der Waals surface area contributed by atoms with Gasteiger partial charge in [-0.15, -0.1) is 0 Å². The summed E-state index contributed by atoms with van der Waals surface area (Å²) in [5.41, 5.74) is -1.47. The molecule has 0 aliphatic rings. The van der Waals surface area contributed by atoms with Gasteiger partial charge in [-0.1, -0.05) is 13.8 Å². The van der Waals surface area contributed by atoms with E-state index >= 15 is 0 Å². The maximum atomic E-state index is 12.2. The molecule has 0 fully saturated rings. The molecule has 118 valence electrons.